The number of aryl methyl sites for hydroxylation is 1. The molecule has 0 unspecified atom stereocenters. The highest BCUT2D eigenvalue weighted by Crippen LogP contribution is 2.24. The van der Waals surface area contributed by atoms with Gasteiger partial charge >= 0.3 is 0 Å². The number of nitrogens with one attached hydrogen (secondary N) is 2. The van der Waals surface area contributed by atoms with Crippen LogP contribution in [-0.2, 0) is 0 Å². The summed E-state index contributed by atoms with van der Waals surface area (Å²) in [6, 6.07) is 10.8. The first kappa shape index (κ1) is 16.8. The van der Waals surface area contributed by atoms with Crippen molar-refractivity contribution in [2.45, 2.75) is 26.8 Å². The largest absolute Gasteiger partial charge is 0.352 e. The van der Waals surface area contributed by atoms with Crippen molar-refractivity contribution in [1.82, 2.24) is 15.0 Å². The lowest BCUT2D eigenvalue weighted by Crippen LogP contribution is -2.13. The molecule has 2 aromatic heterocycles. The van der Waals surface area contributed by atoms with E-state index in [1.807, 2.05) is 38.1 Å². The van der Waals surface area contributed by atoms with Crippen LogP contribution < -0.4 is 10.6 Å². The molecule has 6 heteroatoms. The van der Waals surface area contributed by atoms with E-state index in [1.165, 1.54) is 6.07 Å². The summed E-state index contributed by atoms with van der Waals surface area (Å²) in [6.07, 6.45) is 3.44. The van der Waals surface area contributed by atoms with Crippen molar-refractivity contribution in [3.8, 4) is 11.3 Å². The maximum absolute atomic E-state index is 13.8. The molecule has 1 aromatic carbocycles. The van der Waals surface area contributed by atoms with Crippen LogP contribution in [0.5, 0.6) is 0 Å². The first-order valence-corrected chi connectivity index (χ1v) is 8.10. The number of nitrogens with zero attached hydrogens (tertiary/aromatic N) is 3. The third-order valence-electron chi connectivity index (χ3n) is 3.56. The first-order chi connectivity index (χ1) is 12.0. The van der Waals surface area contributed by atoms with Crippen LogP contribution in [0.1, 0.15) is 19.4 Å². The summed E-state index contributed by atoms with van der Waals surface area (Å²) in [6.45, 7) is 5.77. The summed E-state index contributed by atoms with van der Waals surface area (Å²) in [7, 11) is 0. The molecule has 0 spiro atoms. The number of hydrogen-bond donors (Lipinski definition) is 2. The molecule has 0 atom stereocenters. The van der Waals surface area contributed by atoms with Gasteiger partial charge in [-0.1, -0.05) is 6.07 Å². The van der Waals surface area contributed by atoms with Crippen molar-refractivity contribution in [3.05, 3.63) is 60.2 Å². The van der Waals surface area contributed by atoms with Crippen molar-refractivity contribution in [2.24, 2.45) is 0 Å². The zero-order chi connectivity index (χ0) is 17.8. The van der Waals surface area contributed by atoms with E-state index in [0.717, 1.165) is 11.3 Å². The SMILES string of the molecule is Cc1ccc(Nc2cc(-c3ccncc3)nc(NC(C)C)n2)cc1F. The van der Waals surface area contributed by atoms with E-state index in [2.05, 4.69) is 25.6 Å². The number of benzene rings is 1. The maximum Gasteiger partial charge on any atom is 0.225 e. The lowest BCUT2D eigenvalue weighted by atomic mass is 10.2. The smallest absolute Gasteiger partial charge is 0.225 e. The number of anilines is 3. The third-order valence-corrected chi connectivity index (χ3v) is 3.56. The Morgan fingerprint density at radius 3 is 2.44 bits per heavy atom. The van der Waals surface area contributed by atoms with Gasteiger partial charge < -0.3 is 10.6 Å². The minimum absolute atomic E-state index is 0.192. The van der Waals surface area contributed by atoms with E-state index in [9.17, 15) is 4.39 Å². The highest BCUT2D eigenvalue weighted by atomic mass is 19.1. The van der Waals surface area contributed by atoms with E-state index < -0.39 is 0 Å². The molecule has 2 heterocycles. The van der Waals surface area contributed by atoms with Gasteiger partial charge in [0.15, 0.2) is 0 Å². The predicted octanol–water partition coefficient (Wildman–Crippen LogP) is 4.55. The van der Waals surface area contributed by atoms with Crippen molar-refractivity contribution < 1.29 is 4.39 Å². The molecular weight excluding hydrogens is 317 g/mol. The maximum atomic E-state index is 13.8. The van der Waals surface area contributed by atoms with E-state index in [4.69, 9.17) is 0 Å². The number of aromatic nitrogens is 3. The number of rotatable bonds is 5. The van der Waals surface area contributed by atoms with Crippen LogP contribution in [0.3, 0.4) is 0 Å². The summed E-state index contributed by atoms with van der Waals surface area (Å²) < 4.78 is 13.8. The Balaban J connectivity index is 1.98. The normalized spacial score (nSPS) is 10.8. The molecule has 25 heavy (non-hydrogen) atoms. The third kappa shape index (κ3) is 4.29. The van der Waals surface area contributed by atoms with Gasteiger partial charge in [-0.3, -0.25) is 4.98 Å². The fourth-order valence-electron chi connectivity index (χ4n) is 2.32. The number of pyridine rings is 1. The number of hydrogen-bond acceptors (Lipinski definition) is 5. The molecule has 0 aliphatic carbocycles. The van der Waals surface area contributed by atoms with E-state index in [-0.39, 0.29) is 11.9 Å². The molecule has 0 aliphatic rings. The molecule has 0 amide bonds. The first-order valence-electron chi connectivity index (χ1n) is 8.10. The molecular formula is C19H20FN5. The average molecular weight is 337 g/mol. The summed E-state index contributed by atoms with van der Waals surface area (Å²) in [5.74, 6) is 0.849. The van der Waals surface area contributed by atoms with Crippen LogP contribution >= 0.6 is 0 Å². The van der Waals surface area contributed by atoms with E-state index in [0.29, 0.717) is 23.0 Å². The van der Waals surface area contributed by atoms with Crippen LogP contribution in [0.25, 0.3) is 11.3 Å². The van der Waals surface area contributed by atoms with E-state index >= 15 is 0 Å². The van der Waals surface area contributed by atoms with Gasteiger partial charge in [0.25, 0.3) is 0 Å². The fourth-order valence-corrected chi connectivity index (χ4v) is 2.32. The lowest BCUT2D eigenvalue weighted by molar-refractivity contribution is 0.619. The minimum atomic E-state index is -0.256. The zero-order valence-electron chi connectivity index (χ0n) is 14.4. The fraction of sp³-hybridized carbons (Fsp3) is 0.211. The van der Waals surface area contributed by atoms with Crippen molar-refractivity contribution in [3.63, 3.8) is 0 Å². The quantitative estimate of drug-likeness (QED) is 0.715. The van der Waals surface area contributed by atoms with Gasteiger partial charge in [0.1, 0.15) is 11.6 Å². The summed E-state index contributed by atoms with van der Waals surface area (Å²) >= 11 is 0. The Hall–Kier alpha value is -3.02. The molecule has 128 valence electrons. The Morgan fingerprint density at radius 1 is 1.00 bits per heavy atom. The van der Waals surface area contributed by atoms with Crippen molar-refractivity contribution in [1.29, 1.82) is 0 Å². The summed E-state index contributed by atoms with van der Waals surface area (Å²) in [5.41, 5.74) is 2.93. The van der Waals surface area contributed by atoms with Crippen LogP contribution in [0.4, 0.5) is 21.8 Å². The van der Waals surface area contributed by atoms with Gasteiger partial charge in [-0.2, -0.15) is 4.98 Å². The summed E-state index contributed by atoms with van der Waals surface area (Å²) in [4.78, 5) is 13.1. The second-order valence-corrected chi connectivity index (χ2v) is 6.09. The zero-order valence-corrected chi connectivity index (χ0v) is 14.4. The molecule has 3 aromatic rings. The van der Waals surface area contributed by atoms with Crippen LogP contribution in [-0.4, -0.2) is 21.0 Å². The number of halogens is 1. The highest BCUT2D eigenvalue weighted by Gasteiger charge is 2.09. The molecule has 0 fully saturated rings. The van der Waals surface area contributed by atoms with Crippen molar-refractivity contribution in [2.75, 3.05) is 10.6 Å². The van der Waals surface area contributed by atoms with Gasteiger partial charge in [0.2, 0.25) is 5.95 Å². The molecule has 0 bridgehead atoms. The molecule has 0 radical (unpaired) electrons. The molecule has 0 saturated carbocycles. The van der Waals surface area contributed by atoms with Crippen LogP contribution in [0, 0.1) is 12.7 Å². The van der Waals surface area contributed by atoms with Gasteiger partial charge in [-0.05, 0) is 50.6 Å². The van der Waals surface area contributed by atoms with Crippen LogP contribution in [0.2, 0.25) is 0 Å². The Labute approximate surface area is 146 Å². The van der Waals surface area contributed by atoms with Crippen LogP contribution in [0.15, 0.2) is 48.8 Å². The Bertz CT molecular complexity index is 865. The minimum Gasteiger partial charge on any atom is -0.352 e. The van der Waals surface area contributed by atoms with Gasteiger partial charge in [-0.25, -0.2) is 9.37 Å². The monoisotopic (exact) mass is 337 g/mol. The summed E-state index contributed by atoms with van der Waals surface area (Å²) in [5, 5.41) is 6.36. The lowest BCUT2D eigenvalue weighted by Gasteiger charge is -2.13. The van der Waals surface area contributed by atoms with Gasteiger partial charge in [-0.15, -0.1) is 0 Å². The highest BCUT2D eigenvalue weighted by molar-refractivity contribution is 5.67. The second-order valence-electron chi connectivity index (χ2n) is 6.09. The Kier molecular flexibility index (Phi) is 4.88. The van der Waals surface area contributed by atoms with Crippen molar-refractivity contribution >= 4 is 17.5 Å². The molecule has 5 nitrogen and oxygen atoms in total. The topological polar surface area (TPSA) is 62.7 Å². The van der Waals surface area contributed by atoms with E-state index in [1.54, 1.807) is 25.4 Å². The Morgan fingerprint density at radius 2 is 1.76 bits per heavy atom. The predicted molar refractivity (Wildman–Crippen MR) is 98.4 cm³/mol. The molecule has 3 rings (SSSR count). The standard InChI is InChI=1S/C19H20FN5/c1-12(2)22-19-24-17(14-6-8-21-9-7-14)11-18(25-19)23-15-5-4-13(3)16(20)10-15/h4-12H,1-3H3,(H2,22,23,24,25). The molecule has 0 saturated heterocycles. The molecule has 2 N–H and O–H groups in total. The van der Waals surface area contributed by atoms with Gasteiger partial charge in [0.05, 0.1) is 5.69 Å². The molecule has 0 aliphatic heterocycles. The average Bonchev–Trinajstić information content (AvgIpc) is 2.58. The van der Waals surface area contributed by atoms with Gasteiger partial charge in [0, 0.05) is 35.8 Å². The second kappa shape index (κ2) is 7.25.